The summed E-state index contributed by atoms with van der Waals surface area (Å²) >= 11 is 0. The van der Waals surface area contributed by atoms with E-state index in [0.29, 0.717) is 12.2 Å². The van der Waals surface area contributed by atoms with Crippen LogP contribution >= 0.6 is 0 Å². The first kappa shape index (κ1) is 14.3. The van der Waals surface area contributed by atoms with E-state index >= 15 is 0 Å². The zero-order valence-electron chi connectivity index (χ0n) is 11.7. The van der Waals surface area contributed by atoms with E-state index < -0.39 is 0 Å². The van der Waals surface area contributed by atoms with Crippen LogP contribution in [0.5, 0.6) is 5.75 Å². The topological polar surface area (TPSA) is 35.5 Å². The van der Waals surface area contributed by atoms with Gasteiger partial charge in [-0.25, -0.2) is 4.79 Å². The number of ether oxygens (including phenoxy) is 2. The van der Waals surface area contributed by atoms with Crippen molar-refractivity contribution in [2.45, 2.75) is 27.7 Å². The summed E-state index contributed by atoms with van der Waals surface area (Å²) in [6, 6.07) is 4.11. The third-order valence-electron chi connectivity index (χ3n) is 3.00. The second-order valence-electron chi connectivity index (χ2n) is 4.34. The number of carbonyl (C=O) groups is 1. The average molecular weight is 248 g/mol. The fourth-order valence-electron chi connectivity index (χ4n) is 1.64. The molecule has 0 fully saturated rings. The van der Waals surface area contributed by atoms with Crippen molar-refractivity contribution >= 4 is 5.97 Å². The van der Waals surface area contributed by atoms with Crippen molar-refractivity contribution in [1.29, 1.82) is 0 Å². The molecular weight excluding hydrogens is 228 g/mol. The number of hydrogen-bond acceptors (Lipinski definition) is 3. The molecular formula is C15H20O3. The zero-order chi connectivity index (χ0) is 13.7. The minimum absolute atomic E-state index is 0.323. The molecule has 0 amide bonds. The number of esters is 1. The van der Waals surface area contributed by atoms with Crippen LogP contribution in [0.2, 0.25) is 0 Å². The second-order valence-corrected chi connectivity index (χ2v) is 4.34. The van der Waals surface area contributed by atoms with Crippen LogP contribution in [-0.2, 0) is 9.53 Å². The Bertz CT molecular complexity index is 473. The molecule has 98 valence electrons. The molecule has 3 heteroatoms. The van der Waals surface area contributed by atoms with Crippen LogP contribution in [0.4, 0.5) is 0 Å². The van der Waals surface area contributed by atoms with E-state index in [2.05, 4.69) is 17.7 Å². The minimum Gasteiger partial charge on any atom is -0.489 e. The first-order chi connectivity index (χ1) is 8.47. The molecule has 1 aromatic rings. The standard InChI is InChI=1S/C15H20O3/c1-10-6-7-11(2)14(13(10)4)18-9-8-12(3)15(16)17-5/h6-8H,9H2,1-5H3. The zero-order valence-corrected chi connectivity index (χ0v) is 11.7. The first-order valence-electron chi connectivity index (χ1n) is 5.92. The Hall–Kier alpha value is -1.77. The molecule has 0 aliphatic rings. The van der Waals surface area contributed by atoms with Gasteiger partial charge in [0, 0.05) is 5.57 Å². The summed E-state index contributed by atoms with van der Waals surface area (Å²) in [6.07, 6.45) is 1.73. The Kier molecular flexibility index (Phi) is 4.95. The van der Waals surface area contributed by atoms with Crippen LogP contribution in [-0.4, -0.2) is 19.7 Å². The van der Waals surface area contributed by atoms with Crippen LogP contribution in [0.1, 0.15) is 23.6 Å². The molecule has 1 aromatic carbocycles. The Labute approximate surface area is 108 Å². The number of hydrogen-bond donors (Lipinski definition) is 0. The molecule has 3 nitrogen and oxygen atoms in total. The van der Waals surface area contributed by atoms with Gasteiger partial charge in [0.1, 0.15) is 12.4 Å². The molecule has 0 saturated heterocycles. The molecule has 0 unspecified atom stereocenters. The van der Waals surface area contributed by atoms with Crippen LogP contribution in [0, 0.1) is 20.8 Å². The third kappa shape index (κ3) is 3.36. The van der Waals surface area contributed by atoms with Gasteiger partial charge in [0.05, 0.1) is 7.11 Å². The summed E-state index contributed by atoms with van der Waals surface area (Å²) in [5.41, 5.74) is 3.99. The van der Waals surface area contributed by atoms with Gasteiger partial charge in [-0.1, -0.05) is 12.1 Å². The second kappa shape index (κ2) is 6.24. The third-order valence-corrected chi connectivity index (χ3v) is 3.00. The summed E-state index contributed by atoms with van der Waals surface area (Å²) < 4.78 is 10.3. The van der Waals surface area contributed by atoms with Gasteiger partial charge >= 0.3 is 5.97 Å². The highest BCUT2D eigenvalue weighted by Gasteiger charge is 2.06. The fourth-order valence-corrected chi connectivity index (χ4v) is 1.64. The van der Waals surface area contributed by atoms with Gasteiger partial charge in [-0.2, -0.15) is 0 Å². The molecule has 0 heterocycles. The van der Waals surface area contributed by atoms with E-state index in [-0.39, 0.29) is 5.97 Å². The van der Waals surface area contributed by atoms with Gasteiger partial charge in [0.2, 0.25) is 0 Å². The molecule has 18 heavy (non-hydrogen) atoms. The monoisotopic (exact) mass is 248 g/mol. The first-order valence-corrected chi connectivity index (χ1v) is 5.92. The lowest BCUT2D eigenvalue weighted by molar-refractivity contribution is -0.136. The molecule has 1 rings (SSSR count). The van der Waals surface area contributed by atoms with Crippen LogP contribution in [0.15, 0.2) is 23.8 Å². The predicted octanol–water partition coefficient (Wildman–Crippen LogP) is 3.11. The van der Waals surface area contributed by atoms with Crippen LogP contribution in [0.3, 0.4) is 0 Å². The van der Waals surface area contributed by atoms with Gasteiger partial charge in [0.15, 0.2) is 0 Å². The quantitative estimate of drug-likeness (QED) is 0.606. The predicted molar refractivity (Wildman–Crippen MR) is 71.9 cm³/mol. The van der Waals surface area contributed by atoms with Crippen molar-refractivity contribution < 1.29 is 14.3 Å². The maximum Gasteiger partial charge on any atom is 0.333 e. The van der Waals surface area contributed by atoms with Crippen molar-refractivity contribution in [2.24, 2.45) is 0 Å². The normalized spacial score (nSPS) is 11.3. The molecule has 0 N–H and O–H groups in total. The summed E-state index contributed by atoms with van der Waals surface area (Å²) in [5.74, 6) is 0.570. The average Bonchev–Trinajstić information content (AvgIpc) is 2.36. The molecule has 0 bridgehead atoms. The lowest BCUT2D eigenvalue weighted by atomic mass is 10.1. The Balaban J connectivity index is 2.76. The van der Waals surface area contributed by atoms with Crippen molar-refractivity contribution in [3.05, 3.63) is 40.5 Å². The molecule has 0 saturated carbocycles. The van der Waals surface area contributed by atoms with E-state index in [4.69, 9.17) is 4.74 Å². The fraction of sp³-hybridized carbons (Fsp3) is 0.400. The molecule has 0 aliphatic carbocycles. The minimum atomic E-state index is -0.323. The van der Waals surface area contributed by atoms with Crippen molar-refractivity contribution in [3.8, 4) is 5.75 Å². The van der Waals surface area contributed by atoms with Crippen LogP contribution in [0.25, 0.3) is 0 Å². The van der Waals surface area contributed by atoms with E-state index in [1.54, 1.807) is 13.0 Å². The summed E-state index contributed by atoms with van der Waals surface area (Å²) in [5, 5.41) is 0. The van der Waals surface area contributed by atoms with Gasteiger partial charge in [-0.3, -0.25) is 0 Å². The highest BCUT2D eigenvalue weighted by Crippen LogP contribution is 2.25. The van der Waals surface area contributed by atoms with E-state index in [1.807, 2.05) is 19.9 Å². The maximum atomic E-state index is 11.2. The largest absolute Gasteiger partial charge is 0.489 e. The van der Waals surface area contributed by atoms with Gasteiger partial charge in [-0.15, -0.1) is 0 Å². The summed E-state index contributed by atoms with van der Waals surface area (Å²) in [4.78, 5) is 11.2. The molecule has 0 radical (unpaired) electrons. The van der Waals surface area contributed by atoms with Gasteiger partial charge in [-0.05, 0) is 50.5 Å². The summed E-state index contributed by atoms with van der Waals surface area (Å²) in [7, 11) is 1.37. The van der Waals surface area contributed by atoms with Crippen molar-refractivity contribution in [3.63, 3.8) is 0 Å². The highest BCUT2D eigenvalue weighted by molar-refractivity contribution is 5.87. The van der Waals surface area contributed by atoms with Gasteiger partial charge < -0.3 is 9.47 Å². The Morgan fingerprint density at radius 2 is 1.83 bits per heavy atom. The van der Waals surface area contributed by atoms with Crippen LogP contribution < -0.4 is 4.74 Å². The van der Waals surface area contributed by atoms with E-state index in [1.165, 1.54) is 12.7 Å². The number of aryl methyl sites for hydroxylation is 2. The van der Waals surface area contributed by atoms with Gasteiger partial charge in [0.25, 0.3) is 0 Å². The number of carbonyl (C=O) groups excluding carboxylic acids is 1. The number of rotatable bonds is 4. The number of benzene rings is 1. The van der Waals surface area contributed by atoms with Crippen molar-refractivity contribution in [2.75, 3.05) is 13.7 Å². The lowest BCUT2D eigenvalue weighted by Gasteiger charge is -2.12. The smallest absolute Gasteiger partial charge is 0.333 e. The SMILES string of the molecule is COC(=O)C(C)=CCOc1c(C)ccc(C)c1C. The highest BCUT2D eigenvalue weighted by atomic mass is 16.5. The van der Waals surface area contributed by atoms with E-state index in [9.17, 15) is 4.79 Å². The van der Waals surface area contributed by atoms with E-state index in [0.717, 1.165) is 16.9 Å². The molecule has 0 aliphatic heterocycles. The van der Waals surface area contributed by atoms with Crippen molar-refractivity contribution in [1.82, 2.24) is 0 Å². The Morgan fingerprint density at radius 3 is 2.44 bits per heavy atom. The Morgan fingerprint density at radius 1 is 1.22 bits per heavy atom. The lowest BCUT2D eigenvalue weighted by Crippen LogP contribution is -2.05. The maximum absolute atomic E-state index is 11.2. The molecule has 0 atom stereocenters. The molecule has 0 spiro atoms. The summed E-state index contributed by atoms with van der Waals surface area (Å²) in [6.45, 7) is 8.18. The number of methoxy groups -OCH3 is 1. The molecule has 0 aromatic heterocycles.